The predicted octanol–water partition coefficient (Wildman–Crippen LogP) is 3.22. The molecule has 134 valence electrons. The Hall–Kier alpha value is -2.69. The van der Waals surface area contributed by atoms with Gasteiger partial charge in [0.05, 0.1) is 13.7 Å². The summed E-state index contributed by atoms with van der Waals surface area (Å²) in [5.41, 5.74) is 1.16. The number of carbonyl (C=O) groups is 1. The Morgan fingerprint density at radius 1 is 1.00 bits per heavy atom. The molecule has 25 heavy (non-hydrogen) atoms. The van der Waals surface area contributed by atoms with Crippen molar-refractivity contribution in [2.24, 2.45) is 0 Å². The van der Waals surface area contributed by atoms with Gasteiger partial charge in [-0.2, -0.15) is 0 Å². The molecule has 2 aromatic rings. The second kappa shape index (κ2) is 10.2. The first-order valence-corrected chi connectivity index (χ1v) is 8.47. The van der Waals surface area contributed by atoms with Gasteiger partial charge in [-0.1, -0.05) is 18.2 Å². The highest BCUT2D eigenvalue weighted by Gasteiger charge is 2.05. The number of hydrogen-bond donors (Lipinski definition) is 1. The second-order valence-corrected chi connectivity index (χ2v) is 5.46. The van der Waals surface area contributed by atoms with E-state index in [1.165, 1.54) is 0 Å². The van der Waals surface area contributed by atoms with Crippen molar-refractivity contribution in [3.8, 4) is 17.2 Å². The van der Waals surface area contributed by atoms with Crippen molar-refractivity contribution in [2.75, 3.05) is 26.9 Å². The number of benzene rings is 2. The molecule has 0 aliphatic rings. The molecular formula is C20H25NO4. The van der Waals surface area contributed by atoms with Crippen LogP contribution in [0.3, 0.4) is 0 Å². The summed E-state index contributed by atoms with van der Waals surface area (Å²) in [6.45, 7) is 3.23. The summed E-state index contributed by atoms with van der Waals surface area (Å²) in [6.07, 6.45) is 1.70. The molecule has 0 unspecified atom stereocenters. The maximum atomic E-state index is 11.8. The van der Waals surface area contributed by atoms with Crippen molar-refractivity contribution >= 4 is 5.91 Å². The lowest BCUT2D eigenvalue weighted by atomic mass is 10.1. The molecule has 0 spiro atoms. The van der Waals surface area contributed by atoms with Crippen LogP contribution in [0.4, 0.5) is 0 Å². The number of ether oxygens (including phenoxy) is 3. The van der Waals surface area contributed by atoms with E-state index in [4.69, 9.17) is 14.2 Å². The molecule has 0 bridgehead atoms. The van der Waals surface area contributed by atoms with Crippen LogP contribution in [0.2, 0.25) is 0 Å². The summed E-state index contributed by atoms with van der Waals surface area (Å²) in [5.74, 6) is 2.18. The fourth-order valence-corrected chi connectivity index (χ4v) is 2.39. The molecule has 0 aliphatic carbocycles. The van der Waals surface area contributed by atoms with E-state index in [2.05, 4.69) is 11.4 Å². The van der Waals surface area contributed by atoms with Crippen molar-refractivity contribution in [2.45, 2.75) is 19.8 Å². The number of amides is 1. The van der Waals surface area contributed by atoms with Gasteiger partial charge in [0.2, 0.25) is 0 Å². The van der Waals surface area contributed by atoms with Crippen molar-refractivity contribution in [1.29, 1.82) is 0 Å². The Morgan fingerprint density at radius 3 is 2.44 bits per heavy atom. The highest BCUT2D eigenvalue weighted by atomic mass is 16.5. The molecule has 0 saturated carbocycles. The minimum absolute atomic E-state index is 0.00185. The Morgan fingerprint density at radius 2 is 1.72 bits per heavy atom. The zero-order chi connectivity index (χ0) is 17.9. The summed E-state index contributed by atoms with van der Waals surface area (Å²) in [6, 6.07) is 15.1. The summed E-state index contributed by atoms with van der Waals surface area (Å²) in [5, 5.41) is 2.87. The smallest absolute Gasteiger partial charge is 0.257 e. The predicted molar refractivity (Wildman–Crippen MR) is 97.4 cm³/mol. The molecule has 2 aromatic carbocycles. The topological polar surface area (TPSA) is 56.8 Å². The number of hydrogen-bond acceptors (Lipinski definition) is 4. The van der Waals surface area contributed by atoms with Crippen molar-refractivity contribution < 1.29 is 19.0 Å². The number of carbonyl (C=O) groups excluding carboxylic acids is 1. The van der Waals surface area contributed by atoms with E-state index in [1.807, 2.05) is 25.1 Å². The lowest BCUT2D eigenvalue weighted by Crippen LogP contribution is -2.29. The first-order valence-electron chi connectivity index (χ1n) is 8.47. The summed E-state index contributed by atoms with van der Waals surface area (Å²) in [7, 11) is 1.61. The second-order valence-electron chi connectivity index (χ2n) is 5.46. The van der Waals surface area contributed by atoms with Gasteiger partial charge in [0, 0.05) is 6.54 Å². The molecule has 0 heterocycles. The van der Waals surface area contributed by atoms with E-state index >= 15 is 0 Å². The van der Waals surface area contributed by atoms with Crippen LogP contribution < -0.4 is 19.5 Å². The van der Waals surface area contributed by atoms with Crippen LogP contribution in [-0.4, -0.2) is 32.8 Å². The van der Waals surface area contributed by atoms with E-state index in [0.29, 0.717) is 18.9 Å². The van der Waals surface area contributed by atoms with Gasteiger partial charge in [0.1, 0.15) is 17.2 Å². The van der Waals surface area contributed by atoms with Crippen LogP contribution in [0.5, 0.6) is 17.2 Å². The number of methoxy groups -OCH3 is 1. The van der Waals surface area contributed by atoms with Gasteiger partial charge < -0.3 is 19.5 Å². The van der Waals surface area contributed by atoms with Gasteiger partial charge in [0.25, 0.3) is 5.91 Å². The number of nitrogens with one attached hydrogen (secondary N) is 1. The van der Waals surface area contributed by atoms with E-state index in [9.17, 15) is 4.79 Å². The molecule has 1 amide bonds. The maximum absolute atomic E-state index is 11.8. The van der Waals surface area contributed by atoms with E-state index in [0.717, 1.165) is 29.9 Å². The van der Waals surface area contributed by atoms with Gasteiger partial charge in [-0.25, -0.2) is 0 Å². The molecule has 5 heteroatoms. The third-order valence-corrected chi connectivity index (χ3v) is 3.65. The molecule has 1 N–H and O–H groups in total. The standard InChI is InChI=1S/C20H25NO4/c1-3-24-19-9-5-4-7-16(19)8-6-14-21-20(22)15-25-18-12-10-17(23-2)11-13-18/h4-5,7,9-13H,3,6,8,14-15H2,1-2H3,(H,21,22). The third kappa shape index (κ3) is 6.37. The molecule has 0 radical (unpaired) electrons. The quantitative estimate of drug-likeness (QED) is 0.673. The Balaban J connectivity index is 1.66. The lowest BCUT2D eigenvalue weighted by molar-refractivity contribution is -0.123. The molecule has 0 atom stereocenters. The van der Waals surface area contributed by atoms with Gasteiger partial charge in [-0.3, -0.25) is 4.79 Å². The Kier molecular flexibility index (Phi) is 7.63. The average molecular weight is 343 g/mol. The minimum atomic E-state index is -0.131. The van der Waals surface area contributed by atoms with E-state index < -0.39 is 0 Å². The molecule has 5 nitrogen and oxygen atoms in total. The van der Waals surface area contributed by atoms with E-state index in [-0.39, 0.29) is 12.5 Å². The lowest BCUT2D eigenvalue weighted by Gasteiger charge is -2.10. The highest BCUT2D eigenvalue weighted by Crippen LogP contribution is 2.19. The SMILES string of the molecule is CCOc1ccccc1CCCNC(=O)COc1ccc(OC)cc1. The Labute approximate surface area is 148 Å². The molecule has 0 aliphatic heterocycles. The van der Waals surface area contributed by atoms with Crippen molar-refractivity contribution in [1.82, 2.24) is 5.32 Å². The van der Waals surface area contributed by atoms with E-state index in [1.54, 1.807) is 31.4 Å². The van der Waals surface area contributed by atoms with Gasteiger partial charge in [0.15, 0.2) is 6.61 Å². The fraction of sp³-hybridized carbons (Fsp3) is 0.350. The summed E-state index contributed by atoms with van der Waals surface area (Å²) in [4.78, 5) is 11.8. The van der Waals surface area contributed by atoms with Crippen molar-refractivity contribution in [3.05, 3.63) is 54.1 Å². The largest absolute Gasteiger partial charge is 0.497 e. The number of para-hydroxylation sites is 1. The van der Waals surface area contributed by atoms with Crippen LogP contribution in [0, 0.1) is 0 Å². The molecular weight excluding hydrogens is 318 g/mol. The maximum Gasteiger partial charge on any atom is 0.257 e. The van der Waals surface area contributed by atoms with Crippen molar-refractivity contribution in [3.63, 3.8) is 0 Å². The number of aryl methyl sites for hydroxylation is 1. The molecule has 0 aromatic heterocycles. The van der Waals surface area contributed by atoms with Crippen LogP contribution in [-0.2, 0) is 11.2 Å². The Bertz CT molecular complexity index is 655. The first-order chi connectivity index (χ1) is 12.2. The van der Waals surface area contributed by atoms with Crippen LogP contribution in [0.1, 0.15) is 18.9 Å². The van der Waals surface area contributed by atoms with Crippen LogP contribution in [0.25, 0.3) is 0 Å². The first kappa shape index (κ1) is 18.6. The monoisotopic (exact) mass is 343 g/mol. The molecule has 2 rings (SSSR count). The van der Waals surface area contributed by atoms with Crippen LogP contribution >= 0.6 is 0 Å². The normalized spacial score (nSPS) is 10.2. The zero-order valence-electron chi connectivity index (χ0n) is 14.8. The third-order valence-electron chi connectivity index (χ3n) is 3.65. The zero-order valence-corrected chi connectivity index (χ0v) is 14.8. The average Bonchev–Trinajstić information content (AvgIpc) is 2.65. The fourth-order valence-electron chi connectivity index (χ4n) is 2.39. The minimum Gasteiger partial charge on any atom is -0.497 e. The van der Waals surface area contributed by atoms with Gasteiger partial charge in [-0.05, 0) is 55.7 Å². The van der Waals surface area contributed by atoms with Crippen LogP contribution in [0.15, 0.2) is 48.5 Å². The molecule has 0 saturated heterocycles. The summed E-state index contributed by atoms with van der Waals surface area (Å²) >= 11 is 0. The summed E-state index contributed by atoms with van der Waals surface area (Å²) < 4.78 is 16.1. The van der Waals surface area contributed by atoms with Gasteiger partial charge >= 0.3 is 0 Å². The highest BCUT2D eigenvalue weighted by molar-refractivity contribution is 5.77. The molecule has 0 fully saturated rings. The van der Waals surface area contributed by atoms with Gasteiger partial charge in [-0.15, -0.1) is 0 Å². The number of rotatable bonds is 10.